The largest absolute Gasteiger partial charge is 0.277 e. The highest BCUT2D eigenvalue weighted by atomic mass is 79.9. The van der Waals surface area contributed by atoms with E-state index in [0.717, 1.165) is 16.5 Å². The Balaban J connectivity index is 2.34. The Hall–Kier alpha value is -0.430. The molecule has 0 unspecified atom stereocenters. The summed E-state index contributed by atoms with van der Waals surface area (Å²) in [6, 6.07) is 5.91. The highest BCUT2D eigenvalue weighted by Gasteiger charge is 2.23. The molecule has 1 heterocycles. The van der Waals surface area contributed by atoms with Crippen molar-refractivity contribution in [3.8, 4) is 0 Å². The monoisotopic (exact) mass is 290 g/mol. The Morgan fingerprint density at radius 3 is 2.73 bits per heavy atom. The smallest absolute Gasteiger partial charge is 0.216 e. The maximum Gasteiger partial charge on any atom is 0.277 e. The fourth-order valence-corrected chi connectivity index (χ4v) is 2.79. The van der Waals surface area contributed by atoms with E-state index in [1.54, 1.807) is 0 Å². The summed E-state index contributed by atoms with van der Waals surface area (Å²) in [5.74, 6) is 0. The van der Waals surface area contributed by atoms with Gasteiger partial charge in [-0.05, 0) is 29.7 Å². The highest BCUT2D eigenvalue weighted by molar-refractivity contribution is 9.10. The molecule has 0 radical (unpaired) electrons. The van der Waals surface area contributed by atoms with Crippen LogP contribution in [0, 0.1) is 0 Å². The van der Waals surface area contributed by atoms with Gasteiger partial charge in [0.1, 0.15) is 0 Å². The summed E-state index contributed by atoms with van der Waals surface area (Å²) >= 11 is 3.36. The van der Waals surface area contributed by atoms with Gasteiger partial charge in [0.25, 0.3) is 10.2 Å². The molecule has 0 fully saturated rings. The second-order valence-electron chi connectivity index (χ2n) is 3.54. The standard InChI is InChI=1S/C9H11BrN2O2S/c10-9-2-1-7-3-4-12(15(11,13)14)6-8(7)5-9/h1-2,5H,3-4,6H2,(H2,11,13,14). The number of halogens is 1. The highest BCUT2D eigenvalue weighted by Crippen LogP contribution is 2.23. The zero-order valence-corrected chi connectivity index (χ0v) is 10.4. The van der Waals surface area contributed by atoms with Gasteiger partial charge >= 0.3 is 0 Å². The van der Waals surface area contributed by atoms with E-state index in [0.29, 0.717) is 13.1 Å². The zero-order valence-electron chi connectivity index (χ0n) is 7.98. The lowest BCUT2D eigenvalue weighted by molar-refractivity contribution is 0.392. The maximum absolute atomic E-state index is 11.2. The summed E-state index contributed by atoms with van der Waals surface area (Å²) in [5.41, 5.74) is 2.21. The van der Waals surface area contributed by atoms with Gasteiger partial charge in [0, 0.05) is 17.6 Å². The lowest BCUT2D eigenvalue weighted by Crippen LogP contribution is -2.40. The van der Waals surface area contributed by atoms with Crippen LogP contribution in [0.1, 0.15) is 11.1 Å². The van der Waals surface area contributed by atoms with Gasteiger partial charge in [0.05, 0.1) is 0 Å². The molecule has 4 nitrogen and oxygen atoms in total. The molecule has 0 spiro atoms. The van der Waals surface area contributed by atoms with Crippen LogP contribution in [0.5, 0.6) is 0 Å². The van der Waals surface area contributed by atoms with Crippen LogP contribution in [-0.4, -0.2) is 19.3 Å². The molecule has 2 rings (SSSR count). The molecule has 0 saturated carbocycles. The fourth-order valence-electron chi connectivity index (χ4n) is 1.72. The van der Waals surface area contributed by atoms with Crippen molar-refractivity contribution in [2.75, 3.05) is 6.54 Å². The Morgan fingerprint density at radius 1 is 1.33 bits per heavy atom. The van der Waals surface area contributed by atoms with Gasteiger partial charge in [-0.2, -0.15) is 12.7 Å². The fraction of sp³-hybridized carbons (Fsp3) is 0.333. The maximum atomic E-state index is 11.2. The molecule has 0 aromatic heterocycles. The molecule has 0 aliphatic carbocycles. The third-order valence-corrected chi connectivity index (χ3v) is 4.03. The van der Waals surface area contributed by atoms with Crippen molar-refractivity contribution >= 4 is 26.1 Å². The van der Waals surface area contributed by atoms with E-state index >= 15 is 0 Å². The number of hydrogen-bond donors (Lipinski definition) is 1. The number of nitrogens with two attached hydrogens (primary N) is 1. The first-order valence-electron chi connectivity index (χ1n) is 4.52. The van der Waals surface area contributed by atoms with E-state index in [1.807, 2.05) is 18.2 Å². The van der Waals surface area contributed by atoms with Crippen molar-refractivity contribution in [2.24, 2.45) is 5.14 Å². The lowest BCUT2D eigenvalue weighted by Gasteiger charge is -2.26. The molecular weight excluding hydrogens is 280 g/mol. The molecule has 1 aromatic carbocycles. The van der Waals surface area contributed by atoms with Gasteiger partial charge in [-0.1, -0.05) is 22.0 Å². The summed E-state index contributed by atoms with van der Waals surface area (Å²) in [4.78, 5) is 0. The van der Waals surface area contributed by atoms with Gasteiger partial charge in [0.2, 0.25) is 0 Å². The molecule has 0 saturated heterocycles. The number of nitrogens with zero attached hydrogens (tertiary/aromatic N) is 1. The Bertz CT molecular complexity index is 487. The summed E-state index contributed by atoms with van der Waals surface area (Å²) in [6.07, 6.45) is 0.721. The lowest BCUT2D eigenvalue weighted by atomic mass is 10.0. The molecule has 0 amide bonds. The molecule has 1 aromatic rings. The minimum atomic E-state index is -3.56. The molecular formula is C9H11BrN2O2S. The molecule has 0 atom stereocenters. The molecule has 2 N–H and O–H groups in total. The normalized spacial score (nSPS) is 17.5. The predicted molar refractivity (Wildman–Crippen MR) is 61.4 cm³/mol. The van der Waals surface area contributed by atoms with Crippen LogP contribution in [0.4, 0.5) is 0 Å². The number of hydrogen-bond acceptors (Lipinski definition) is 2. The van der Waals surface area contributed by atoms with Crippen LogP contribution in [0.2, 0.25) is 0 Å². The summed E-state index contributed by atoms with van der Waals surface area (Å²) < 4.78 is 24.6. The van der Waals surface area contributed by atoms with Crippen LogP contribution < -0.4 is 5.14 Å². The van der Waals surface area contributed by atoms with Crippen LogP contribution >= 0.6 is 15.9 Å². The number of benzene rings is 1. The number of fused-ring (bicyclic) bond motifs is 1. The van der Waals surface area contributed by atoms with Gasteiger partial charge in [0.15, 0.2) is 0 Å². The van der Waals surface area contributed by atoms with E-state index in [1.165, 1.54) is 9.87 Å². The van der Waals surface area contributed by atoms with E-state index in [4.69, 9.17) is 5.14 Å². The van der Waals surface area contributed by atoms with E-state index < -0.39 is 10.2 Å². The number of rotatable bonds is 1. The van der Waals surface area contributed by atoms with E-state index in [2.05, 4.69) is 15.9 Å². The third kappa shape index (κ3) is 2.39. The van der Waals surface area contributed by atoms with Gasteiger partial charge < -0.3 is 0 Å². The summed E-state index contributed by atoms with van der Waals surface area (Å²) in [5, 5.41) is 5.09. The SMILES string of the molecule is NS(=O)(=O)N1CCc2ccc(Br)cc2C1. The second-order valence-corrected chi connectivity index (χ2v) is 6.00. The van der Waals surface area contributed by atoms with Gasteiger partial charge in [-0.25, -0.2) is 5.14 Å². The molecule has 1 aliphatic rings. The zero-order chi connectivity index (χ0) is 11.1. The molecule has 0 bridgehead atoms. The van der Waals surface area contributed by atoms with Gasteiger partial charge in [-0.15, -0.1) is 0 Å². The average molecular weight is 291 g/mol. The second kappa shape index (κ2) is 3.86. The van der Waals surface area contributed by atoms with Crippen molar-refractivity contribution in [3.63, 3.8) is 0 Å². The Kier molecular flexibility index (Phi) is 2.85. The van der Waals surface area contributed by atoms with Gasteiger partial charge in [-0.3, -0.25) is 0 Å². The van der Waals surface area contributed by atoms with Crippen LogP contribution in [0.3, 0.4) is 0 Å². The van der Waals surface area contributed by atoms with Crippen molar-refractivity contribution in [3.05, 3.63) is 33.8 Å². The Labute approximate surface area is 97.4 Å². The first kappa shape index (κ1) is 11.1. The average Bonchev–Trinajstić information content (AvgIpc) is 2.15. The topological polar surface area (TPSA) is 63.4 Å². The minimum Gasteiger partial charge on any atom is -0.216 e. The van der Waals surface area contributed by atoms with Crippen LogP contribution in [0.25, 0.3) is 0 Å². The van der Waals surface area contributed by atoms with Crippen LogP contribution in [0.15, 0.2) is 22.7 Å². The molecule has 82 valence electrons. The van der Waals surface area contributed by atoms with Crippen LogP contribution in [-0.2, 0) is 23.2 Å². The van der Waals surface area contributed by atoms with Crippen molar-refractivity contribution < 1.29 is 8.42 Å². The van der Waals surface area contributed by atoms with Crippen molar-refractivity contribution in [1.82, 2.24) is 4.31 Å². The van der Waals surface area contributed by atoms with E-state index in [-0.39, 0.29) is 0 Å². The first-order chi connectivity index (χ1) is 6.97. The quantitative estimate of drug-likeness (QED) is 0.839. The van der Waals surface area contributed by atoms with Crippen molar-refractivity contribution in [1.29, 1.82) is 0 Å². The third-order valence-electron chi connectivity index (χ3n) is 2.51. The first-order valence-corrected chi connectivity index (χ1v) is 6.81. The predicted octanol–water partition coefficient (Wildman–Crippen LogP) is 1.01. The molecule has 15 heavy (non-hydrogen) atoms. The minimum absolute atomic E-state index is 0.369. The summed E-state index contributed by atoms with van der Waals surface area (Å²) in [6.45, 7) is 0.834. The van der Waals surface area contributed by atoms with E-state index in [9.17, 15) is 8.42 Å². The molecule has 6 heteroatoms. The Morgan fingerprint density at radius 2 is 2.07 bits per heavy atom. The summed E-state index contributed by atoms with van der Waals surface area (Å²) in [7, 11) is -3.56. The molecule has 1 aliphatic heterocycles. The van der Waals surface area contributed by atoms with Crippen molar-refractivity contribution in [2.45, 2.75) is 13.0 Å².